The van der Waals surface area contributed by atoms with Crippen molar-refractivity contribution in [1.29, 1.82) is 0 Å². The minimum Gasteiger partial charge on any atom is -0.478 e. The number of amides is 1. The lowest BCUT2D eigenvalue weighted by atomic mass is 9.85. The van der Waals surface area contributed by atoms with Crippen molar-refractivity contribution in [3.05, 3.63) is 29.3 Å². The molecule has 1 heterocycles. The number of carbonyl (C=O) groups excluding carboxylic acids is 1. The average Bonchev–Trinajstić information content (AvgIpc) is 2.58. The number of nitrogens with zero attached hydrogens (tertiary/aromatic N) is 1. The highest BCUT2D eigenvalue weighted by atomic mass is 16.4. The van der Waals surface area contributed by atoms with Gasteiger partial charge in [-0.15, -0.1) is 0 Å². The zero-order valence-corrected chi connectivity index (χ0v) is 10.1. The fraction of sp³-hybridized carbons (Fsp3) is 0.429. The minimum atomic E-state index is -0.944. The Bertz CT molecular complexity index is 520. The number of aromatic carboxylic acids is 1. The Hall–Kier alpha value is -1.84. The number of anilines is 1. The maximum atomic E-state index is 12.0. The van der Waals surface area contributed by atoms with E-state index in [2.05, 4.69) is 0 Å². The van der Waals surface area contributed by atoms with Crippen LogP contribution in [-0.4, -0.2) is 23.5 Å². The van der Waals surface area contributed by atoms with E-state index < -0.39 is 5.97 Å². The molecule has 0 bridgehead atoms. The van der Waals surface area contributed by atoms with Gasteiger partial charge in [0.2, 0.25) is 5.91 Å². The van der Waals surface area contributed by atoms with Crippen LogP contribution in [0.3, 0.4) is 0 Å². The van der Waals surface area contributed by atoms with Crippen LogP contribution in [0.4, 0.5) is 5.69 Å². The van der Waals surface area contributed by atoms with Crippen LogP contribution in [0.15, 0.2) is 18.2 Å². The molecule has 1 aromatic carbocycles. The van der Waals surface area contributed by atoms with Crippen LogP contribution in [0, 0.1) is 5.92 Å². The van der Waals surface area contributed by atoms with Gasteiger partial charge in [0.25, 0.3) is 0 Å². The molecule has 1 N–H and O–H groups in total. The highest BCUT2D eigenvalue weighted by Gasteiger charge is 2.31. The molecule has 0 radical (unpaired) electrons. The second-order valence-electron chi connectivity index (χ2n) is 5.13. The third-order valence-corrected chi connectivity index (χ3v) is 3.93. The summed E-state index contributed by atoms with van der Waals surface area (Å²) in [4.78, 5) is 24.7. The third-order valence-electron chi connectivity index (χ3n) is 3.93. The van der Waals surface area contributed by atoms with Gasteiger partial charge >= 0.3 is 5.97 Å². The lowest BCUT2D eigenvalue weighted by molar-refractivity contribution is -0.117. The Labute approximate surface area is 105 Å². The van der Waals surface area contributed by atoms with E-state index in [0.717, 1.165) is 17.8 Å². The number of rotatable bonds is 3. The Kier molecular flexibility index (Phi) is 2.58. The summed E-state index contributed by atoms with van der Waals surface area (Å²) in [5.74, 6) is -0.256. The van der Waals surface area contributed by atoms with Crippen molar-refractivity contribution >= 4 is 17.6 Å². The van der Waals surface area contributed by atoms with Gasteiger partial charge in [-0.1, -0.05) is 12.5 Å². The minimum absolute atomic E-state index is 0.0967. The normalized spacial score (nSPS) is 18.7. The van der Waals surface area contributed by atoms with E-state index in [1.807, 2.05) is 0 Å². The quantitative estimate of drug-likeness (QED) is 0.886. The Balaban J connectivity index is 1.90. The topological polar surface area (TPSA) is 57.6 Å². The molecule has 94 valence electrons. The van der Waals surface area contributed by atoms with Crippen molar-refractivity contribution in [3.63, 3.8) is 0 Å². The van der Waals surface area contributed by atoms with Gasteiger partial charge in [0, 0.05) is 12.2 Å². The maximum Gasteiger partial charge on any atom is 0.335 e. The molecule has 1 aromatic rings. The van der Waals surface area contributed by atoms with Crippen LogP contribution < -0.4 is 4.90 Å². The first-order valence-corrected chi connectivity index (χ1v) is 6.32. The maximum absolute atomic E-state index is 12.0. The lowest BCUT2D eigenvalue weighted by Gasteiger charge is -2.30. The zero-order chi connectivity index (χ0) is 12.7. The predicted molar refractivity (Wildman–Crippen MR) is 66.8 cm³/mol. The summed E-state index contributed by atoms with van der Waals surface area (Å²) in [5, 5.41) is 9.00. The van der Waals surface area contributed by atoms with Crippen LogP contribution in [0.2, 0.25) is 0 Å². The molecule has 0 spiro atoms. The van der Waals surface area contributed by atoms with E-state index >= 15 is 0 Å². The summed E-state index contributed by atoms with van der Waals surface area (Å²) in [6.07, 6.45) is 4.01. The molecule has 0 unspecified atom stereocenters. The smallest absolute Gasteiger partial charge is 0.335 e. The van der Waals surface area contributed by atoms with E-state index in [-0.39, 0.29) is 11.5 Å². The van der Waals surface area contributed by atoms with Gasteiger partial charge in [-0.05, 0) is 36.5 Å². The average molecular weight is 245 g/mol. The van der Waals surface area contributed by atoms with Gasteiger partial charge in [-0.3, -0.25) is 4.79 Å². The molecular formula is C14H15NO3. The fourth-order valence-electron chi connectivity index (χ4n) is 2.62. The zero-order valence-electron chi connectivity index (χ0n) is 10.1. The number of carboxylic acids is 1. The van der Waals surface area contributed by atoms with E-state index in [4.69, 9.17) is 5.11 Å². The number of fused-ring (bicyclic) bond motifs is 1. The van der Waals surface area contributed by atoms with Gasteiger partial charge in [-0.2, -0.15) is 0 Å². The number of carbonyl (C=O) groups is 2. The van der Waals surface area contributed by atoms with Gasteiger partial charge in [0.05, 0.1) is 12.0 Å². The number of carboxylic acid groups (broad SMARTS) is 1. The first-order valence-electron chi connectivity index (χ1n) is 6.32. The van der Waals surface area contributed by atoms with Crippen molar-refractivity contribution in [2.75, 3.05) is 11.4 Å². The van der Waals surface area contributed by atoms with Gasteiger partial charge < -0.3 is 10.0 Å². The number of benzene rings is 1. The largest absolute Gasteiger partial charge is 0.478 e. The summed E-state index contributed by atoms with van der Waals surface area (Å²) >= 11 is 0. The summed E-state index contributed by atoms with van der Waals surface area (Å²) < 4.78 is 0. The standard InChI is InChI=1S/C14H15NO3/c16-13-7-10-4-5-11(14(17)18)6-12(10)15(13)8-9-2-1-3-9/h4-6,9H,1-3,7-8H2,(H,17,18). The van der Waals surface area contributed by atoms with Gasteiger partial charge in [-0.25, -0.2) is 4.79 Å². The van der Waals surface area contributed by atoms with Crippen LogP contribution in [-0.2, 0) is 11.2 Å². The van der Waals surface area contributed by atoms with Crippen LogP contribution in [0.1, 0.15) is 35.2 Å². The van der Waals surface area contributed by atoms with E-state index in [0.29, 0.717) is 12.3 Å². The molecule has 0 atom stereocenters. The molecule has 18 heavy (non-hydrogen) atoms. The molecule has 1 saturated carbocycles. The second-order valence-corrected chi connectivity index (χ2v) is 5.13. The first-order chi connectivity index (χ1) is 8.65. The SMILES string of the molecule is O=C(O)c1ccc2c(c1)N(CC1CCC1)C(=O)C2. The number of hydrogen-bond acceptors (Lipinski definition) is 2. The van der Waals surface area contributed by atoms with Crippen molar-refractivity contribution in [3.8, 4) is 0 Å². The molecule has 1 aliphatic heterocycles. The second kappa shape index (κ2) is 4.12. The molecule has 1 amide bonds. The molecule has 4 heteroatoms. The van der Waals surface area contributed by atoms with Crippen molar-refractivity contribution in [2.45, 2.75) is 25.7 Å². The monoisotopic (exact) mass is 245 g/mol. The van der Waals surface area contributed by atoms with Crippen LogP contribution in [0.25, 0.3) is 0 Å². The molecule has 4 nitrogen and oxygen atoms in total. The van der Waals surface area contributed by atoms with E-state index in [1.54, 1.807) is 23.1 Å². The highest BCUT2D eigenvalue weighted by Crippen LogP contribution is 2.34. The number of hydrogen-bond donors (Lipinski definition) is 1. The fourth-order valence-corrected chi connectivity index (χ4v) is 2.62. The molecule has 1 fully saturated rings. The summed E-state index contributed by atoms with van der Waals surface area (Å²) in [6, 6.07) is 4.96. The first kappa shape index (κ1) is 11.3. The molecular weight excluding hydrogens is 230 g/mol. The van der Waals surface area contributed by atoms with E-state index in [1.165, 1.54) is 19.3 Å². The third kappa shape index (κ3) is 1.78. The van der Waals surface area contributed by atoms with Crippen molar-refractivity contribution in [1.82, 2.24) is 0 Å². The van der Waals surface area contributed by atoms with Gasteiger partial charge in [0.1, 0.15) is 0 Å². The van der Waals surface area contributed by atoms with E-state index in [9.17, 15) is 9.59 Å². The highest BCUT2D eigenvalue weighted by molar-refractivity contribution is 6.03. The van der Waals surface area contributed by atoms with Crippen molar-refractivity contribution in [2.24, 2.45) is 5.92 Å². The molecule has 0 saturated heterocycles. The Morgan fingerprint density at radius 3 is 2.78 bits per heavy atom. The molecule has 0 aromatic heterocycles. The predicted octanol–water partition coefficient (Wildman–Crippen LogP) is 2.07. The summed E-state index contributed by atoms with van der Waals surface area (Å²) in [7, 11) is 0. The van der Waals surface area contributed by atoms with Crippen molar-refractivity contribution < 1.29 is 14.7 Å². The molecule has 1 aliphatic carbocycles. The molecule has 2 aliphatic rings. The Morgan fingerprint density at radius 2 is 2.17 bits per heavy atom. The van der Waals surface area contributed by atoms with Crippen LogP contribution in [0.5, 0.6) is 0 Å². The molecule has 3 rings (SSSR count). The lowest BCUT2D eigenvalue weighted by Crippen LogP contribution is -2.34. The van der Waals surface area contributed by atoms with Gasteiger partial charge in [0.15, 0.2) is 0 Å². The van der Waals surface area contributed by atoms with Crippen LogP contribution >= 0.6 is 0 Å². The summed E-state index contributed by atoms with van der Waals surface area (Å²) in [6.45, 7) is 0.745. The Morgan fingerprint density at radius 1 is 1.39 bits per heavy atom. The summed E-state index contributed by atoms with van der Waals surface area (Å²) in [5.41, 5.74) is 2.00.